The predicted octanol–water partition coefficient (Wildman–Crippen LogP) is 2.83. The summed E-state index contributed by atoms with van der Waals surface area (Å²) in [7, 11) is 0. The lowest BCUT2D eigenvalue weighted by molar-refractivity contribution is 0.168. The van der Waals surface area contributed by atoms with Crippen molar-refractivity contribution in [1.29, 1.82) is 0 Å². The molecule has 0 bridgehead atoms. The number of aliphatic hydroxyl groups is 1. The predicted molar refractivity (Wildman–Crippen MR) is 53.7 cm³/mol. The van der Waals surface area contributed by atoms with E-state index in [0.29, 0.717) is 5.56 Å². The normalized spacial score (nSPS) is 12.7. The Kier molecular flexibility index (Phi) is 3.01. The molecule has 2 aromatic rings. The molecule has 1 atom stereocenters. The van der Waals surface area contributed by atoms with E-state index in [1.165, 1.54) is 18.6 Å². The maximum Gasteiger partial charge on any atom is 0.131 e. The largest absolute Gasteiger partial charge is 0.472 e. The summed E-state index contributed by atoms with van der Waals surface area (Å²) < 4.78 is 31.4. The lowest BCUT2D eigenvalue weighted by atomic mass is 10.0. The molecule has 0 fully saturated rings. The van der Waals surface area contributed by atoms with Crippen molar-refractivity contribution in [2.45, 2.75) is 12.5 Å². The summed E-state index contributed by atoms with van der Waals surface area (Å²) in [5.41, 5.74) is 0.388. The molecule has 0 amide bonds. The van der Waals surface area contributed by atoms with E-state index in [9.17, 15) is 13.9 Å². The van der Waals surface area contributed by atoms with Crippen LogP contribution in [0.2, 0.25) is 0 Å². The maximum atomic E-state index is 13.3. The first-order valence-electron chi connectivity index (χ1n) is 4.81. The number of rotatable bonds is 3. The fourth-order valence-corrected chi connectivity index (χ4v) is 1.56. The fraction of sp³-hybridized carbons (Fsp3) is 0.167. The number of benzene rings is 1. The molecule has 1 heterocycles. The topological polar surface area (TPSA) is 33.4 Å². The second kappa shape index (κ2) is 4.45. The Morgan fingerprint density at radius 2 is 1.88 bits per heavy atom. The summed E-state index contributed by atoms with van der Waals surface area (Å²) >= 11 is 0. The molecule has 84 valence electrons. The molecule has 16 heavy (non-hydrogen) atoms. The Labute approximate surface area is 91.1 Å². The SMILES string of the molecule is OC(Cc1ccoc1)c1c(F)cccc1F. The lowest BCUT2D eigenvalue weighted by Gasteiger charge is -2.11. The highest BCUT2D eigenvalue weighted by Crippen LogP contribution is 2.23. The van der Waals surface area contributed by atoms with Crippen molar-refractivity contribution >= 4 is 0 Å². The Hall–Kier alpha value is -1.68. The number of halogens is 2. The third-order valence-electron chi connectivity index (χ3n) is 2.34. The molecule has 0 aliphatic carbocycles. The highest BCUT2D eigenvalue weighted by Gasteiger charge is 2.18. The molecular formula is C12H10F2O2. The van der Waals surface area contributed by atoms with Gasteiger partial charge in [0.2, 0.25) is 0 Å². The third kappa shape index (κ3) is 2.12. The number of hydrogen-bond acceptors (Lipinski definition) is 2. The van der Waals surface area contributed by atoms with Gasteiger partial charge in [0.1, 0.15) is 11.6 Å². The second-order valence-electron chi connectivity index (χ2n) is 3.49. The van der Waals surface area contributed by atoms with Crippen LogP contribution in [0.15, 0.2) is 41.2 Å². The van der Waals surface area contributed by atoms with Crippen molar-refractivity contribution in [3.05, 3.63) is 59.6 Å². The summed E-state index contributed by atoms with van der Waals surface area (Å²) in [6.45, 7) is 0. The molecule has 1 unspecified atom stereocenters. The van der Waals surface area contributed by atoms with Gasteiger partial charge in [0.15, 0.2) is 0 Å². The van der Waals surface area contributed by atoms with E-state index in [4.69, 9.17) is 4.42 Å². The van der Waals surface area contributed by atoms with Crippen molar-refractivity contribution < 1.29 is 18.3 Å². The van der Waals surface area contributed by atoms with Gasteiger partial charge in [-0.2, -0.15) is 0 Å². The van der Waals surface area contributed by atoms with E-state index in [-0.39, 0.29) is 12.0 Å². The summed E-state index contributed by atoms with van der Waals surface area (Å²) in [5, 5.41) is 9.73. The molecule has 0 aliphatic heterocycles. The minimum Gasteiger partial charge on any atom is -0.472 e. The second-order valence-corrected chi connectivity index (χ2v) is 3.49. The van der Waals surface area contributed by atoms with E-state index in [2.05, 4.69) is 0 Å². The average Bonchev–Trinajstić information content (AvgIpc) is 2.70. The lowest BCUT2D eigenvalue weighted by Crippen LogP contribution is -2.06. The van der Waals surface area contributed by atoms with Crippen LogP contribution in [0.3, 0.4) is 0 Å². The zero-order valence-corrected chi connectivity index (χ0v) is 8.36. The molecule has 4 heteroatoms. The average molecular weight is 224 g/mol. The molecule has 0 spiro atoms. The van der Waals surface area contributed by atoms with E-state index in [1.807, 2.05) is 0 Å². The molecule has 1 N–H and O–H groups in total. The van der Waals surface area contributed by atoms with E-state index < -0.39 is 17.7 Å². The van der Waals surface area contributed by atoms with Crippen LogP contribution in [0, 0.1) is 11.6 Å². The number of hydrogen-bond donors (Lipinski definition) is 1. The first-order chi connectivity index (χ1) is 7.68. The van der Waals surface area contributed by atoms with Crippen LogP contribution in [-0.2, 0) is 6.42 Å². The number of furan rings is 1. The van der Waals surface area contributed by atoms with Crippen LogP contribution in [0.5, 0.6) is 0 Å². The quantitative estimate of drug-likeness (QED) is 0.869. The Balaban J connectivity index is 2.24. The zero-order valence-electron chi connectivity index (χ0n) is 8.36. The first kappa shape index (κ1) is 10.8. The van der Waals surface area contributed by atoms with Gasteiger partial charge < -0.3 is 9.52 Å². The van der Waals surface area contributed by atoms with Crippen LogP contribution in [-0.4, -0.2) is 5.11 Å². The molecule has 1 aromatic carbocycles. The van der Waals surface area contributed by atoms with Gasteiger partial charge in [-0.25, -0.2) is 8.78 Å². The molecule has 2 nitrogen and oxygen atoms in total. The summed E-state index contributed by atoms with van der Waals surface area (Å²) in [5.74, 6) is -1.48. The van der Waals surface area contributed by atoms with Gasteiger partial charge in [0.25, 0.3) is 0 Å². The molecule has 0 saturated heterocycles. The highest BCUT2D eigenvalue weighted by atomic mass is 19.1. The molecule has 0 aliphatic rings. The van der Waals surface area contributed by atoms with Gasteiger partial charge >= 0.3 is 0 Å². The number of aliphatic hydroxyl groups excluding tert-OH is 1. The maximum absolute atomic E-state index is 13.3. The molecule has 2 rings (SSSR count). The van der Waals surface area contributed by atoms with Crippen molar-refractivity contribution in [1.82, 2.24) is 0 Å². The Morgan fingerprint density at radius 1 is 1.19 bits per heavy atom. The standard InChI is InChI=1S/C12H10F2O2/c13-9-2-1-3-10(14)12(9)11(15)6-8-4-5-16-7-8/h1-5,7,11,15H,6H2. The summed E-state index contributed by atoms with van der Waals surface area (Å²) in [6.07, 6.45) is 1.79. The van der Waals surface area contributed by atoms with Crippen LogP contribution in [0.4, 0.5) is 8.78 Å². The van der Waals surface area contributed by atoms with Crippen molar-refractivity contribution in [2.75, 3.05) is 0 Å². The van der Waals surface area contributed by atoms with Gasteiger partial charge in [-0.1, -0.05) is 6.07 Å². The van der Waals surface area contributed by atoms with Gasteiger partial charge in [0.05, 0.1) is 24.2 Å². The van der Waals surface area contributed by atoms with Gasteiger partial charge in [-0.15, -0.1) is 0 Å². The fourth-order valence-electron chi connectivity index (χ4n) is 1.56. The van der Waals surface area contributed by atoms with Gasteiger partial charge in [0, 0.05) is 6.42 Å². The van der Waals surface area contributed by atoms with Crippen molar-refractivity contribution in [3.63, 3.8) is 0 Å². The smallest absolute Gasteiger partial charge is 0.131 e. The van der Waals surface area contributed by atoms with Gasteiger partial charge in [-0.3, -0.25) is 0 Å². The minimum atomic E-state index is -1.21. The first-order valence-corrected chi connectivity index (χ1v) is 4.81. The minimum absolute atomic E-state index is 0.119. The third-order valence-corrected chi connectivity index (χ3v) is 2.34. The zero-order chi connectivity index (χ0) is 11.5. The van der Waals surface area contributed by atoms with E-state index in [1.54, 1.807) is 6.07 Å². The highest BCUT2D eigenvalue weighted by molar-refractivity contribution is 5.24. The van der Waals surface area contributed by atoms with Crippen LogP contribution in [0.25, 0.3) is 0 Å². The molecular weight excluding hydrogens is 214 g/mol. The molecule has 1 aromatic heterocycles. The van der Waals surface area contributed by atoms with E-state index in [0.717, 1.165) is 12.1 Å². The summed E-state index contributed by atoms with van der Waals surface area (Å²) in [6, 6.07) is 5.15. The molecule has 0 saturated carbocycles. The van der Waals surface area contributed by atoms with Crippen LogP contribution < -0.4 is 0 Å². The Morgan fingerprint density at radius 3 is 2.44 bits per heavy atom. The van der Waals surface area contributed by atoms with Crippen molar-refractivity contribution in [2.24, 2.45) is 0 Å². The van der Waals surface area contributed by atoms with E-state index >= 15 is 0 Å². The molecule has 0 radical (unpaired) electrons. The van der Waals surface area contributed by atoms with Crippen molar-refractivity contribution in [3.8, 4) is 0 Å². The Bertz CT molecular complexity index is 446. The van der Waals surface area contributed by atoms with Crippen LogP contribution in [0.1, 0.15) is 17.2 Å². The van der Waals surface area contributed by atoms with Crippen LogP contribution >= 0.6 is 0 Å². The monoisotopic (exact) mass is 224 g/mol. The summed E-state index contributed by atoms with van der Waals surface area (Å²) in [4.78, 5) is 0. The van der Waals surface area contributed by atoms with Gasteiger partial charge in [-0.05, 0) is 23.8 Å².